The van der Waals surface area contributed by atoms with E-state index < -0.39 is 24.5 Å². The van der Waals surface area contributed by atoms with Crippen molar-refractivity contribution in [3.63, 3.8) is 0 Å². The van der Waals surface area contributed by atoms with Crippen molar-refractivity contribution in [2.75, 3.05) is 43.7 Å². The van der Waals surface area contributed by atoms with Gasteiger partial charge in [-0.2, -0.15) is 0 Å². The first-order chi connectivity index (χ1) is 22.7. The molecule has 7 N–H and O–H groups in total. The Balaban J connectivity index is 0.913. The zero-order valence-electron chi connectivity index (χ0n) is 29.2. The quantitative estimate of drug-likeness (QED) is 0.166. The van der Waals surface area contributed by atoms with Crippen LogP contribution in [0, 0.1) is 5.92 Å². The second-order valence-electron chi connectivity index (χ2n) is 15.8. The molecule has 0 spiro atoms. The molecule has 1 aromatic carbocycles. The molecule has 264 valence electrons. The fourth-order valence-corrected chi connectivity index (χ4v) is 9.09. The van der Waals surface area contributed by atoms with E-state index in [0.29, 0.717) is 38.1 Å². The van der Waals surface area contributed by atoms with E-state index in [4.69, 9.17) is 10.5 Å². The van der Waals surface area contributed by atoms with Crippen LogP contribution in [0.15, 0.2) is 18.2 Å². The number of nitrogens with one attached hydrogen (secondary N) is 3. The molecular formula is C36H62N8O3. The van der Waals surface area contributed by atoms with E-state index in [1.54, 1.807) is 0 Å². The summed E-state index contributed by atoms with van der Waals surface area (Å²) < 4.78 is 6.60. The van der Waals surface area contributed by atoms with Crippen LogP contribution < -0.4 is 26.6 Å². The van der Waals surface area contributed by atoms with E-state index in [9.17, 15) is 10.2 Å². The van der Waals surface area contributed by atoms with E-state index in [0.717, 1.165) is 31.2 Å². The van der Waals surface area contributed by atoms with Crippen LogP contribution in [0.3, 0.4) is 0 Å². The molecule has 0 aromatic heterocycles. The zero-order chi connectivity index (χ0) is 32.8. The maximum Gasteiger partial charge on any atom is 0.142 e. The van der Waals surface area contributed by atoms with Gasteiger partial charge in [0.25, 0.3) is 0 Å². The molecule has 4 heterocycles. The summed E-state index contributed by atoms with van der Waals surface area (Å²) in [6, 6.07) is 7.86. The smallest absolute Gasteiger partial charge is 0.142 e. The van der Waals surface area contributed by atoms with Crippen molar-refractivity contribution in [1.82, 2.24) is 25.3 Å². The van der Waals surface area contributed by atoms with Crippen molar-refractivity contribution in [3.8, 4) is 0 Å². The number of fused-ring (bicyclic) bond motifs is 2. The highest BCUT2D eigenvalue weighted by molar-refractivity contribution is 5.76. The van der Waals surface area contributed by atoms with Crippen molar-refractivity contribution in [2.45, 2.75) is 152 Å². The van der Waals surface area contributed by atoms with Gasteiger partial charge in [0.15, 0.2) is 0 Å². The summed E-state index contributed by atoms with van der Waals surface area (Å²) in [5.41, 5.74) is 10.6. The summed E-state index contributed by atoms with van der Waals surface area (Å²) in [6.45, 7) is 9.62. The first-order valence-electron chi connectivity index (χ1n) is 18.9. The lowest BCUT2D eigenvalue weighted by molar-refractivity contribution is -0.134. The monoisotopic (exact) mass is 654 g/mol. The molecule has 11 nitrogen and oxygen atoms in total. The van der Waals surface area contributed by atoms with Gasteiger partial charge in [0.2, 0.25) is 0 Å². The summed E-state index contributed by atoms with van der Waals surface area (Å²) >= 11 is 0. The molecule has 3 saturated heterocycles. The van der Waals surface area contributed by atoms with Gasteiger partial charge in [-0.1, -0.05) is 32.3 Å². The Labute approximate surface area is 282 Å². The van der Waals surface area contributed by atoms with Crippen LogP contribution in [-0.4, -0.2) is 120 Å². The van der Waals surface area contributed by atoms with Crippen molar-refractivity contribution in [1.29, 1.82) is 0 Å². The third kappa shape index (κ3) is 6.94. The van der Waals surface area contributed by atoms with Crippen molar-refractivity contribution < 1.29 is 14.9 Å². The van der Waals surface area contributed by atoms with E-state index >= 15 is 0 Å². The van der Waals surface area contributed by atoms with Crippen molar-refractivity contribution >= 4 is 11.4 Å². The molecule has 5 fully saturated rings. The lowest BCUT2D eigenvalue weighted by Gasteiger charge is -2.46. The molecule has 2 aliphatic carbocycles. The molecule has 47 heavy (non-hydrogen) atoms. The number of benzene rings is 1. The van der Waals surface area contributed by atoms with Crippen molar-refractivity contribution in [3.05, 3.63) is 23.8 Å². The largest absolute Gasteiger partial charge is 0.387 e. The standard InChI is InChI=1S/C36H62N8O3/c1-5-6-7-8-15-42-20-39-34(37)31-35(42)44(21-38-31)36-33(46)32(45)29(47-36)19-43(22(2)3)26-16-23(17-26)9-14-30-40-27-13-12-25(24-10-11-24)18-28(27)41(30)4/h12-13,18,22-24,26,29-36,38-40,45-46H,5-11,14-17,19-21,37H2,1-4H3/t23?,26?,29-,30?,31?,32-,33-,34?,35?,36-/m1/s1. The van der Waals surface area contributed by atoms with Gasteiger partial charge in [0, 0.05) is 32.2 Å². The lowest BCUT2D eigenvalue weighted by atomic mass is 9.76. The van der Waals surface area contributed by atoms with Gasteiger partial charge in [0.05, 0.1) is 49.3 Å². The van der Waals surface area contributed by atoms with Crippen LogP contribution in [0.4, 0.5) is 11.4 Å². The summed E-state index contributed by atoms with van der Waals surface area (Å²) in [7, 11) is 2.24. The Hall–Kier alpha value is -1.54. The highest BCUT2D eigenvalue weighted by Crippen LogP contribution is 2.45. The third-order valence-corrected chi connectivity index (χ3v) is 12.2. The minimum atomic E-state index is -0.961. The van der Waals surface area contributed by atoms with E-state index in [2.05, 4.69) is 81.6 Å². The SMILES string of the molecule is CCCCCCN1CNC(N)C2NCN([C@@H]3O[C@H](CN(C(C)C)C4CC(CCC5Nc6ccc(C7CC7)cc6N5C)C4)[C@@H](O)[C@H]3O)C21. The van der Waals surface area contributed by atoms with Gasteiger partial charge in [-0.05, 0) is 88.3 Å². The van der Waals surface area contributed by atoms with Crippen molar-refractivity contribution in [2.24, 2.45) is 11.7 Å². The molecule has 2 saturated carbocycles. The Kier molecular flexibility index (Phi) is 10.4. The highest BCUT2D eigenvalue weighted by atomic mass is 16.6. The molecule has 11 heteroatoms. The molecular weight excluding hydrogens is 592 g/mol. The molecule has 0 amide bonds. The molecule has 8 atom stereocenters. The van der Waals surface area contributed by atoms with Crippen LogP contribution in [0.5, 0.6) is 0 Å². The average Bonchev–Trinajstić information content (AvgIpc) is 3.64. The molecule has 0 bridgehead atoms. The summed E-state index contributed by atoms with van der Waals surface area (Å²) in [4.78, 5) is 9.59. The maximum absolute atomic E-state index is 11.3. The number of rotatable bonds is 14. The van der Waals surface area contributed by atoms with Gasteiger partial charge in [-0.3, -0.25) is 20.4 Å². The van der Waals surface area contributed by atoms with Gasteiger partial charge in [0.1, 0.15) is 24.5 Å². The van der Waals surface area contributed by atoms with Crippen LogP contribution in [0.1, 0.15) is 96.5 Å². The van der Waals surface area contributed by atoms with Gasteiger partial charge in [-0.15, -0.1) is 0 Å². The van der Waals surface area contributed by atoms with Gasteiger partial charge < -0.3 is 30.9 Å². The number of ether oxygens (including phenoxy) is 1. The molecule has 4 unspecified atom stereocenters. The van der Waals surface area contributed by atoms with E-state index in [-0.39, 0.29) is 18.4 Å². The third-order valence-electron chi connectivity index (χ3n) is 12.2. The highest BCUT2D eigenvalue weighted by Gasteiger charge is 2.54. The molecule has 4 aliphatic heterocycles. The Morgan fingerprint density at radius 1 is 1.04 bits per heavy atom. The molecule has 6 aliphatic rings. The Morgan fingerprint density at radius 2 is 1.85 bits per heavy atom. The number of unbranched alkanes of at least 4 members (excludes halogenated alkanes) is 3. The lowest BCUT2D eigenvalue weighted by Crippen LogP contribution is -2.69. The topological polar surface area (TPSA) is 125 Å². The normalized spacial score (nSPS) is 37.4. The number of hydrogen-bond donors (Lipinski definition) is 6. The first-order valence-corrected chi connectivity index (χ1v) is 18.9. The Morgan fingerprint density at radius 3 is 2.60 bits per heavy atom. The number of nitrogens with zero attached hydrogens (tertiary/aromatic N) is 4. The van der Waals surface area contributed by atoms with Gasteiger partial charge >= 0.3 is 0 Å². The summed E-state index contributed by atoms with van der Waals surface area (Å²) in [5.74, 6) is 1.50. The molecule has 1 aromatic rings. The predicted octanol–water partition coefficient (Wildman–Crippen LogP) is 2.75. The predicted molar refractivity (Wildman–Crippen MR) is 187 cm³/mol. The van der Waals surface area contributed by atoms with Gasteiger partial charge in [-0.25, -0.2) is 4.90 Å². The number of hydrogen-bond acceptors (Lipinski definition) is 11. The average molecular weight is 655 g/mol. The summed E-state index contributed by atoms with van der Waals surface area (Å²) in [6.07, 6.45) is 9.54. The molecule has 0 radical (unpaired) electrons. The number of nitrogens with two attached hydrogens (primary N) is 1. The minimum absolute atomic E-state index is 0.0218. The van der Waals surface area contributed by atoms with Crippen LogP contribution in [-0.2, 0) is 4.74 Å². The minimum Gasteiger partial charge on any atom is -0.387 e. The molecule has 7 rings (SSSR count). The maximum atomic E-state index is 11.3. The number of aliphatic hydroxyl groups excluding tert-OH is 2. The Bertz CT molecular complexity index is 1200. The van der Waals surface area contributed by atoms with E-state index in [1.165, 1.54) is 68.3 Å². The fourth-order valence-electron chi connectivity index (χ4n) is 9.09. The zero-order valence-corrected chi connectivity index (χ0v) is 29.2. The summed E-state index contributed by atoms with van der Waals surface area (Å²) in [5, 5.41) is 33.4. The van der Waals surface area contributed by atoms with Crippen LogP contribution >= 0.6 is 0 Å². The van der Waals surface area contributed by atoms with E-state index in [1.807, 2.05) is 0 Å². The van der Waals surface area contributed by atoms with Crippen LogP contribution in [0.2, 0.25) is 0 Å². The first kappa shape index (κ1) is 33.9. The number of anilines is 2. The second-order valence-corrected chi connectivity index (χ2v) is 15.8. The van der Waals surface area contributed by atoms with Crippen LogP contribution in [0.25, 0.3) is 0 Å². The number of aliphatic hydroxyl groups is 2. The second kappa shape index (κ2) is 14.4. The fraction of sp³-hybridized carbons (Fsp3) is 0.833.